The summed E-state index contributed by atoms with van der Waals surface area (Å²) in [6, 6.07) is 15.2. The molecular formula is C23H25Cl2N3O. The smallest absolute Gasteiger partial charge is 0.222 e. The summed E-state index contributed by atoms with van der Waals surface area (Å²) in [5, 5.41) is 10.3. The van der Waals surface area contributed by atoms with E-state index >= 15 is 0 Å². The predicted octanol–water partition coefficient (Wildman–Crippen LogP) is 5.69. The summed E-state index contributed by atoms with van der Waals surface area (Å²) in [6.07, 6.45) is 1.47. The van der Waals surface area contributed by atoms with E-state index in [1.807, 2.05) is 35.2 Å². The lowest BCUT2D eigenvalue weighted by Gasteiger charge is -2.43. The third-order valence-electron chi connectivity index (χ3n) is 5.31. The van der Waals surface area contributed by atoms with Gasteiger partial charge in [-0.2, -0.15) is 5.26 Å². The van der Waals surface area contributed by atoms with E-state index in [0.29, 0.717) is 47.6 Å². The molecule has 0 bridgehead atoms. The highest BCUT2D eigenvalue weighted by Gasteiger charge is 2.31. The molecule has 0 N–H and O–H groups in total. The van der Waals surface area contributed by atoms with E-state index < -0.39 is 0 Å². The first-order valence-corrected chi connectivity index (χ1v) is 10.6. The molecule has 1 fully saturated rings. The molecule has 1 aliphatic rings. The molecule has 4 nitrogen and oxygen atoms in total. The fraction of sp³-hybridized carbons (Fsp3) is 0.391. The first-order chi connectivity index (χ1) is 13.9. The van der Waals surface area contributed by atoms with Crippen LogP contribution in [0.4, 0.5) is 5.69 Å². The van der Waals surface area contributed by atoms with Gasteiger partial charge in [0, 0.05) is 31.1 Å². The van der Waals surface area contributed by atoms with Crippen LogP contribution in [0.15, 0.2) is 42.5 Å². The number of piperazine rings is 1. The van der Waals surface area contributed by atoms with Gasteiger partial charge in [-0.1, -0.05) is 49.2 Å². The van der Waals surface area contributed by atoms with Gasteiger partial charge in [-0.3, -0.25) is 4.79 Å². The first kappa shape index (κ1) is 21.5. The third kappa shape index (κ3) is 5.23. The average Bonchev–Trinajstić information content (AvgIpc) is 2.72. The Morgan fingerprint density at radius 3 is 2.52 bits per heavy atom. The molecule has 3 rings (SSSR count). The number of nitrogens with zero attached hydrogens (tertiary/aromatic N) is 3. The summed E-state index contributed by atoms with van der Waals surface area (Å²) in [5.41, 5.74) is 2.49. The Hall–Kier alpha value is -2.22. The van der Waals surface area contributed by atoms with Crippen LogP contribution in [0.5, 0.6) is 0 Å². The highest BCUT2D eigenvalue weighted by molar-refractivity contribution is 6.33. The minimum Gasteiger partial charge on any atom is -0.360 e. The highest BCUT2D eigenvalue weighted by atomic mass is 35.5. The molecule has 0 aliphatic carbocycles. The Bertz CT molecular complexity index is 905. The second kappa shape index (κ2) is 9.52. The van der Waals surface area contributed by atoms with E-state index in [-0.39, 0.29) is 11.9 Å². The van der Waals surface area contributed by atoms with Gasteiger partial charge in [-0.25, -0.2) is 0 Å². The molecule has 29 heavy (non-hydrogen) atoms. The van der Waals surface area contributed by atoms with Crippen molar-refractivity contribution < 1.29 is 4.79 Å². The summed E-state index contributed by atoms with van der Waals surface area (Å²) in [7, 11) is 0. The normalized spacial score (nSPS) is 16.8. The van der Waals surface area contributed by atoms with Crippen LogP contribution in [-0.4, -0.2) is 30.4 Å². The third-order valence-corrected chi connectivity index (χ3v) is 5.86. The zero-order valence-corrected chi connectivity index (χ0v) is 18.2. The van der Waals surface area contributed by atoms with Crippen molar-refractivity contribution in [3.63, 3.8) is 0 Å². The Morgan fingerprint density at radius 1 is 1.17 bits per heavy atom. The van der Waals surface area contributed by atoms with Crippen LogP contribution in [-0.2, 0) is 4.79 Å². The van der Waals surface area contributed by atoms with Gasteiger partial charge in [-0.15, -0.1) is 0 Å². The van der Waals surface area contributed by atoms with Gasteiger partial charge in [0.1, 0.15) is 0 Å². The maximum absolute atomic E-state index is 12.8. The van der Waals surface area contributed by atoms with E-state index in [0.717, 1.165) is 17.7 Å². The van der Waals surface area contributed by atoms with Gasteiger partial charge < -0.3 is 9.80 Å². The van der Waals surface area contributed by atoms with Crippen molar-refractivity contribution >= 4 is 34.8 Å². The molecule has 6 heteroatoms. The summed E-state index contributed by atoms with van der Waals surface area (Å²) in [6.45, 7) is 6.18. The van der Waals surface area contributed by atoms with Crippen LogP contribution in [0.1, 0.15) is 43.9 Å². The first-order valence-electron chi connectivity index (χ1n) is 9.88. The van der Waals surface area contributed by atoms with Gasteiger partial charge in [0.2, 0.25) is 5.91 Å². The fourth-order valence-electron chi connectivity index (χ4n) is 3.65. The SMILES string of the molecule is CC(C)CCC(=O)N1CCN(c2ccc(C#N)cc2Cl)[C@H](c2ccc(Cl)cc2)C1. The molecule has 1 atom stereocenters. The van der Waals surface area contributed by atoms with Crippen molar-refractivity contribution in [1.29, 1.82) is 5.26 Å². The number of carbonyl (C=O) groups excluding carboxylic acids is 1. The van der Waals surface area contributed by atoms with Gasteiger partial charge >= 0.3 is 0 Å². The Balaban J connectivity index is 1.89. The number of halogens is 2. The number of rotatable bonds is 5. The fourth-order valence-corrected chi connectivity index (χ4v) is 4.06. The standard InChI is InChI=1S/C23H25Cl2N3O/c1-16(2)3-10-23(29)27-11-12-28(21-9-4-17(14-26)13-20(21)25)22(15-27)18-5-7-19(24)8-6-18/h4-9,13,16,22H,3,10-12,15H2,1-2H3/t22-/m0/s1. The molecule has 2 aromatic rings. The second-order valence-electron chi connectivity index (χ2n) is 7.81. The summed E-state index contributed by atoms with van der Waals surface area (Å²) >= 11 is 12.6. The summed E-state index contributed by atoms with van der Waals surface area (Å²) in [5.74, 6) is 0.702. The van der Waals surface area contributed by atoms with Crippen molar-refractivity contribution in [2.75, 3.05) is 24.5 Å². The largest absolute Gasteiger partial charge is 0.360 e. The molecule has 1 heterocycles. The Morgan fingerprint density at radius 2 is 1.90 bits per heavy atom. The van der Waals surface area contributed by atoms with E-state index in [4.69, 9.17) is 28.5 Å². The van der Waals surface area contributed by atoms with E-state index in [1.54, 1.807) is 12.1 Å². The number of carbonyl (C=O) groups is 1. The molecule has 1 saturated heterocycles. The van der Waals surface area contributed by atoms with Crippen molar-refractivity contribution in [1.82, 2.24) is 4.90 Å². The second-order valence-corrected chi connectivity index (χ2v) is 8.65. The van der Waals surface area contributed by atoms with Crippen LogP contribution >= 0.6 is 23.2 Å². The van der Waals surface area contributed by atoms with Gasteiger partial charge in [-0.05, 0) is 48.2 Å². The van der Waals surface area contributed by atoms with Gasteiger partial charge in [0.25, 0.3) is 0 Å². The number of amides is 1. The van der Waals surface area contributed by atoms with Crippen LogP contribution in [0, 0.1) is 17.2 Å². The number of hydrogen-bond donors (Lipinski definition) is 0. The van der Waals surface area contributed by atoms with Crippen molar-refractivity contribution in [3.05, 3.63) is 63.6 Å². The van der Waals surface area contributed by atoms with Crippen LogP contribution in [0.2, 0.25) is 10.0 Å². The van der Waals surface area contributed by atoms with Crippen LogP contribution in [0.3, 0.4) is 0 Å². The molecule has 0 aromatic heterocycles. The van der Waals surface area contributed by atoms with Gasteiger partial charge in [0.05, 0.1) is 28.4 Å². The topological polar surface area (TPSA) is 47.3 Å². The lowest BCUT2D eigenvalue weighted by Crippen LogP contribution is -2.50. The lowest BCUT2D eigenvalue weighted by atomic mass is 10.00. The molecule has 2 aromatic carbocycles. The molecule has 0 unspecified atom stereocenters. The highest BCUT2D eigenvalue weighted by Crippen LogP contribution is 2.36. The molecule has 0 spiro atoms. The van der Waals surface area contributed by atoms with Crippen molar-refractivity contribution in [2.24, 2.45) is 5.92 Å². The molecular weight excluding hydrogens is 405 g/mol. The quantitative estimate of drug-likeness (QED) is 0.612. The summed E-state index contributed by atoms with van der Waals surface area (Å²) in [4.78, 5) is 16.9. The van der Waals surface area contributed by atoms with Crippen molar-refractivity contribution in [2.45, 2.75) is 32.7 Å². The number of nitriles is 1. The molecule has 0 saturated carbocycles. The minimum absolute atomic E-state index is 0.0329. The number of anilines is 1. The molecule has 152 valence electrons. The Kier molecular flexibility index (Phi) is 7.05. The van der Waals surface area contributed by atoms with E-state index in [2.05, 4.69) is 24.8 Å². The maximum Gasteiger partial charge on any atom is 0.222 e. The van der Waals surface area contributed by atoms with Crippen LogP contribution < -0.4 is 4.90 Å². The maximum atomic E-state index is 12.8. The number of hydrogen-bond acceptors (Lipinski definition) is 3. The zero-order chi connectivity index (χ0) is 21.0. The average molecular weight is 430 g/mol. The monoisotopic (exact) mass is 429 g/mol. The van der Waals surface area contributed by atoms with E-state index in [1.165, 1.54) is 0 Å². The predicted molar refractivity (Wildman–Crippen MR) is 118 cm³/mol. The van der Waals surface area contributed by atoms with Crippen molar-refractivity contribution in [3.8, 4) is 6.07 Å². The van der Waals surface area contributed by atoms with Crippen LogP contribution in [0.25, 0.3) is 0 Å². The summed E-state index contributed by atoms with van der Waals surface area (Å²) < 4.78 is 0. The zero-order valence-electron chi connectivity index (χ0n) is 16.7. The lowest BCUT2D eigenvalue weighted by molar-refractivity contribution is -0.132. The minimum atomic E-state index is -0.0329. The Labute approximate surface area is 182 Å². The van der Waals surface area contributed by atoms with Gasteiger partial charge in [0.15, 0.2) is 0 Å². The number of benzene rings is 2. The molecule has 1 aliphatic heterocycles. The van der Waals surface area contributed by atoms with E-state index in [9.17, 15) is 4.79 Å². The molecule has 0 radical (unpaired) electrons. The molecule has 1 amide bonds.